The number of benzene rings is 4. The lowest BCUT2D eigenvalue weighted by molar-refractivity contribution is 0.0942. The van der Waals surface area contributed by atoms with Crippen LogP contribution in [0.1, 0.15) is 32.0 Å². The number of nitrogens with zero attached hydrogens (tertiary/aromatic N) is 1. The summed E-state index contributed by atoms with van der Waals surface area (Å²) in [5.74, 6) is -0.900. The predicted molar refractivity (Wildman–Crippen MR) is 153 cm³/mol. The summed E-state index contributed by atoms with van der Waals surface area (Å²) in [5.41, 5.74) is 7.28. The van der Waals surface area contributed by atoms with E-state index in [4.69, 9.17) is 0 Å². The van der Waals surface area contributed by atoms with Crippen molar-refractivity contribution >= 4 is 17.5 Å². The van der Waals surface area contributed by atoms with E-state index in [1.54, 1.807) is 48.1 Å². The number of nitrogens with one attached hydrogen (secondary N) is 2. The third kappa shape index (κ3) is 5.96. The van der Waals surface area contributed by atoms with Crippen molar-refractivity contribution in [3.05, 3.63) is 138 Å². The van der Waals surface area contributed by atoms with Crippen LogP contribution in [0, 0.1) is 12.7 Å². The van der Waals surface area contributed by atoms with Gasteiger partial charge in [0, 0.05) is 25.4 Å². The van der Waals surface area contributed by atoms with Crippen LogP contribution < -0.4 is 10.6 Å². The molecule has 4 aromatic carbocycles. The van der Waals surface area contributed by atoms with Crippen LogP contribution in [-0.4, -0.2) is 16.4 Å². The van der Waals surface area contributed by atoms with E-state index in [9.17, 15) is 14.0 Å². The molecular formula is C33H28FN3O2. The van der Waals surface area contributed by atoms with Crippen LogP contribution >= 0.6 is 0 Å². The maximum absolute atomic E-state index is 13.4. The van der Waals surface area contributed by atoms with Crippen molar-refractivity contribution in [2.45, 2.75) is 13.5 Å². The fourth-order valence-electron chi connectivity index (χ4n) is 4.45. The fraction of sp³-hybridized carbons (Fsp3) is 0.0909. The summed E-state index contributed by atoms with van der Waals surface area (Å²) < 4.78 is 15.1. The van der Waals surface area contributed by atoms with Gasteiger partial charge in [-0.3, -0.25) is 9.59 Å². The Balaban J connectivity index is 1.24. The van der Waals surface area contributed by atoms with Gasteiger partial charge in [0.1, 0.15) is 11.5 Å². The number of aromatic nitrogens is 1. The van der Waals surface area contributed by atoms with Crippen LogP contribution in [0.4, 0.5) is 10.1 Å². The van der Waals surface area contributed by atoms with Gasteiger partial charge in [0.2, 0.25) is 0 Å². The summed E-state index contributed by atoms with van der Waals surface area (Å²) in [7, 11) is 1.76. The molecule has 0 unspecified atom stereocenters. The molecule has 1 aromatic heterocycles. The monoisotopic (exact) mass is 517 g/mol. The van der Waals surface area contributed by atoms with E-state index in [0.29, 0.717) is 29.1 Å². The summed E-state index contributed by atoms with van der Waals surface area (Å²) in [5, 5.41) is 5.83. The van der Waals surface area contributed by atoms with Crippen LogP contribution in [0.5, 0.6) is 0 Å². The van der Waals surface area contributed by atoms with Gasteiger partial charge < -0.3 is 15.2 Å². The van der Waals surface area contributed by atoms with Crippen molar-refractivity contribution in [3.63, 3.8) is 0 Å². The summed E-state index contributed by atoms with van der Waals surface area (Å²) in [4.78, 5) is 26.0. The molecule has 0 fully saturated rings. The second-order valence-electron chi connectivity index (χ2n) is 9.48. The Bertz CT molecular complexity index is 1620. The molecule has 0 saturated heterocycles. The van der Waals surface area contributed by atoms with E-state index in [-0.39, 0.29) is 17.6 Å². The van der Waals surface area contributed by atoms with Gasteiger partial charge in [0.05, 0.1) is 5.69 Å². The Morgan fingerprint density at radius 3 is 2.08 bits per heavy atom. The van der Waals surface area contributed by atoms with E-state index in [2.05, 4.69) is 41.8 Å². The number of anilines is 1. The van der Waals surface area contributed by atoms with Gasteiger partial charge >= 0.3 is 0 Å². The molecular weight excluding hydrogens is 489 g/mol. The summed E-state index contributed by atoms with van der Waals surface area (Å²) >= 11 is 0. The van der Waals surface area contributed by atoms with E-state index < -0.39 is 0 Å². The van der Waals surface area contributed by atoms with Crippen LogP contribution in [0.25, 0.3) is 22.3 Å². The van der Waals surface area contributed by atoms with Gasteiger partial charge in [-0.2, -0.15) is 0 Å². The fourth-order valence-corrected chi connectivity index (χ4v) is 4.45. The van der Waals surface area contributed by atoms with Gasteiger partial charge in [-0.1, -0.05) is 84.4 Å². The maximum atomic E-state index is 13.4. The standard InChI is InChI=1S/C33H28FN3O2/c1-22-7-11-24(12-8-22)25-13-9-23(10-14-25)20-35-33(39)31-19-28(21-37(31)2)36-32(38)30-6-4-3-5-29(30)26-15-17-27(34)18-16-26/h3-19,21H,20H2,1-2H3,(H,35,39)(H,36,38). The Hall–Kier alpha value is -4.97. The number of hydrogen-bond donors (Lipinski definition) is 2. The topological polar surface area (TPSA) is 63.1 Å². The van der Waals surface area contributed by atoms with Gasteiger partial charge in [-0.15, -0.1) is 0 Å². The number of amides is 2. The molecule has 0 aliphatic rings. The van der Waals surface area contributed by atoms with Gasteiger partial charge in [-0.25, -0.2) is 4.39 Å². The zero-order valence-corrected chi connectivity index (χ0v) is 21.7. The first-order valence-electron chi connectivity index (χ1n) is 12.6. The number of carbonyl (C=O) groups is 2. The Kier molecular flexibility index (Phi) is 7.37. The lowest BCUT2D eigenvalue weighted by Crippen LogP contribution is -2.24. The molecule has 5 aromatic rings. The summed E-state index contributed by atoms with van der Waals surface area (Å²) in [6.07, 6.45) is 1.70. The number of aryl methyl sites for hydroxylation is 2. The molecule has 0 radical (unpaired) electrons. The van der Waals surface area contributed by atoms with Crippen molar-refractivity contribution in [1.82, 2.24) is 9.88 Å². The zero-order valence-electron chi connectivity index (χ0n) is 21.7. The Labute approximate surface area is 226 Å². The minimum Gasteiger partial charge on any atom is -0.347 e. The zero-order chi connectivity index (χ0) is 27.4. The van der Waals surface area contributed by atoms with Crippen molar-refractivity contribution in [1.29, 1.82) is 0 Å². The largest absolute Gasteiger partial charge is 0.347 e. The van der Waals surface area contributed by atoms with Crippen molar-refractivity contribution in [2.75, 3.05) is 5.32 Å². The minimum atomic E-state index is -0.338. The van der Waals surface area contributed by atoms with Crippen molar-refractivity contribution in [2.24, 2.45) is 7.05 Å². The number of hydrogen-bond acceptors (Lipinski definition) is 2. The Morgan fingerprint density at radius 2 is 1.38 bits per heavy atom. The van der Waals surface area contributed by atoms with Crippen LogP contribution in [0.3, 0.4) is 0 Å². The number of carbonyl (C=O) groups excluding carboxylic acids is 2. The highest BCUT2D eigenvalue weighted by atomic mass is 19.1. The molecule has 5 nitrogen and oxygen atoms in total. The number of halogens is 1. The first-order valence-corrected chi connectivity index (χ1v) is 12.6. The van der Waals surface area contributed by atoms with Crippen molar-refractivity contribution < 1.29 is 14.0 Å². The molecule has 1 heterocycles. The molecule has 2 amide bonds. The average molecular weight is 518 g/mol. The molecule has 0 atom stereocenters. The second-order valence-corrected chi connectivity index (χ2v) is 9.48. The highest BCUT2D eigenvalue weighted by Gasteiger charge is 2.16. The quantitative estimate of drug-likeness (QED) is 0.244. The summed E-state index contributed by atoms with van der Waals surface area (Å²) in [6.45, 7) is 2.44. The minimum absolute atomic E-state index is 0.243. The highest BCUT2D eigenvalue weighted by molar-refractivity contribution is 6.09. The van der Waals surface area contributed by atoms with Crippen LogP contribution in [-0.2, 0) is 13.6 Å². The first-order chi connectivity index (χ1) is 18.9. The van der Waals surface area contributed by atoms with Crippen LogP contribution in [0.2, 0.25) is 0 Å². The molecule has 194 valence electrons. The van der Waals surface area contributed by atoms with E-state index in [1.807, 2.05) is 36.4 Å². The first kappa shape index (κ1) is 25.7. The summed E-state index contributed by atoms with van der Waals surface area (Å²) in [6, 6.07) is 31.3. The molecule has 0 aliphatic carbocycles. The normalized spacial score (nSPS) is 10.7. The van der Waals surface area contributed by atoms with Gasteiger partial charge in [0.15, 0.2) is 0 Å². The molecule has 39 heavy (non-hydrogen) atoms. The highest BCUT2D eigenvalue weighted by Crippen LogP contribution is 2.25. The third-order valence-electron chi connectivity index (χ3n) is 6.61. The van der Waals surface area contributed by atoms with Gasteiger partial charge in [0.25, 0.3) is 11.8 Å². The number of rotatable bonds is 7. The lowest BCUT2D eigenvalue weighted by Gasteiger charge is -2.09. The van der Waals surface area contributed by atoms with E-state index in [0.717, 1.165) is 22.3 Å². The Morgan fingerprint density at radius 1 is 0.769 bits per heavy atom. The maximum Gasteiger partial charge on any atom is 0.268 e. The molecule has 2 N–H and O–H groups in total. The lowest BCUT2D eigenvalue weighted by atomic mass is 9.99. The van der Waals surface area contributed by atoms with Gasteiger partial charge in [-0.05, 0) is 59.0 Å². The predicted octanol–water partition coefficient (Wildman–Crippen LogP) is 6.99. The smallest absolute Gasteiger partial charge is 0.268 e. The molecule has 0 saturated carbocycles. The molecule has 6 heteroatoms. The molecule has 0 bridgehead atoms. The average Bonchev–Trinajstić information content (AvgIpc) is 3.32. The second kappa shape index (κ2) is 11.2. The third-order valence-corrected chi connectivity index (χ3v) is 6.61. The molecule has 5 rings (SSSR count). The van der Waals surface area contributed by atoms with E-state index in [1.165, 1.54) is 17.7 Å². The molecule has 0 spiro atoms. The SMILES string of the molecule is Cc1ccc(-c2ccc(CNC(=O)c3cc(NC(=O)c4ccccc4-c4ccc(F)cc4)cn3C)cc2)cc1. The van der Waals surface area contributed by atoms with E-state index >= 15 is 0 Å². The van der Waals surface area contributed by atoms with Crippen molar-refractivity contribution in [3.8, 4) is 22.3 Å². The van der Waals surface area contributed by atoms with Crippen LogP contribution in [0.15, 0.2) is 109 Å². The molecule has 0 aliphatic heterocycles.